The largest absolute Gasteiger partial charge is 0.487 e. The number of amides is 1. The summed E-state index contributed by atoms with van der Waals surface area (Å²) in [6.07, 6.45) is -0.115. The average molecular weight is 250 g/mol. The maximum absolute atomic E-state index is 13.2. The zero-order valence-corrected chi connectivity index (χ0v) is 10.1. The molecule has 0 aliphatic carbocycles. The van der Waals surface area contributed by atoms with Gasteiger partial charge < -0.3 is 15.0 Å². The molecule has 18 heavy (non-hydrogen) atoms. The summed E-state index contributed by atoms with van der Waals surface area (Å²) in [5, 5.41) is 3.09. The van der Waals surface area contributed by atoms with Crippen molar-refractivity contribution in [3.63, 3.8) is 0 Å². The molecule has 4 nitrogen and oxygen atoms in total. The van der Waals surface area contributed by atoms with Gasteiger partial charge in [-0.3, -0.25) is 4.79 Å². The Hall–Kier alpha value is -1.62. The second-order valence-electron chi connectivity index (χ2n) is 4.84. The van der Waals surface area contributed by atoms with Crippen LogP contribution in [0.2, 0.25) is 0 Å². The Morgan fingerprint density at radius 2 is 2.28 bits per heavy atom. The Balaban J connectivity index is 1.93. The molecule has 1 unspecified atom stereocenters. The minimum absolute atomic E-state index is 0.0354. The molecule has 1 aromatic carbocycles. The standard InChI is InChI=1S/C13H15FN2O2/c1-8-7-16(13(17)9-5-15-6-9)11-3-2-10(14)4-12(11)18-8/h2-4,8-9,15H,5-7H2,1H3. The Labute approximate surface area is 105 Å². The molecule has 0 bridgehead atoms. The van der Waals surface area contributed by atoms with E-state index in [9.17, 15) is 9.18 Å². The van der Waals surface area contributed by atoms with Crippen LogP contribution in [0.1, 0.15) is 6.92 Å². The van der Waals surface area contributed by atoms with Crippen LogP contribution in [0.25, 0.3) is 0 Å². The summed E-state index contributed by atoms with van der Waals surface area (Å²) in [7, 11) is 0. The van der Waals surface area contributed by atoms with E-state index in [4.69, 9.17) is 4.74 Å². The molecular formula is C13H15FN2O2. The monoisotopic (exact) mass is 250 g/mol. The Bertz CT molecular complexity index is 488. The van der Waals surface area contributed by atoms with Crippen molar-refractivity contribution in [1.82, 2.24) is 5.32 Å². The predicted octanol–water partition coefficient (Wildman–Crippen LogP) is 1.16. The third-order valence-corrected chi connectivity index (χ3v) is 3.38. The van der Waals surface area contributed by atoms with Crippen LogP contribution in [0.3, 0.4) is 0 Å². The van der Waals surface area contributed by atoms with Crippen molar-refractivity contribution >= 4 is 11.6 Å². The van der Waals surface area contributed by atoms with Crippen LogP contribution in [-0.2, 0) is 4.79 Å². The van der Waals surface area contributed by atoms with Crippen LogP contribution < -0.4 is 15.0 Å². The van der Waals surface area contributed by atoms with E-state index in [0.29, 0.717) is 18.0 Å². The van der Waals surface area contributed by atoms with Crippen molar-refractivity contribution in [1.29, 1.82) is 0 Å². The number of hydrogen-bond donors (Lipinski definition) is 1. The van der Waals surface area contributed by atoms with Gasteiger partial charge in [-0.05, 0) is 19.1 Å². The van der Waals surface area contributed by atoms with Crippen LogP contribution in [0.4, 0.5) is 10.1 Å². The molecule has 5 heteroatoms. The molecule has 0 saturated carbocycles. The number of rotatable bonds is 1. The molecule has 0 spiro atoms. The zero-order chi connectivity index (χ0) is 12.7. The lowest BCUT2D eigenvalue weighted by atomic mass is 10.0. The van der Waals surface area contributed by atoms with Gasteiger partial charge in [0.25, 0.3) is 0 Å². The molecule has 2 aliphatic rings. The van der Waals surface area contributed by atoms with E-state index in [1.165, 1.54) is 12.1 Å². The van der Waals surface area contributed by atoms with Gasteiger partial charge in [-0.25, -0.2) is 4.39 Å². The lowest BCUT2D eigenvalue weighted by molar-refractivity contribution is -0.124. The van der Waals surface area contributed by atoms with E-state index in [2.05, 4.69) is 5.32 Å². The molecule has 1 amide bonds. The van der Waals surface area contributed by atoms with E-state index < -0.39 is 0 Å². The summed E-state index contributed by atoms with van der Waals surface area (Å²) in [4.78, 5) is 14.0. The Kier molecular flexibility index (Phi) is 2.70. The van der Waals surface area contributed by atoms with Gasteiger partial charge in [0, 0.05) is 19.2 Å². The minimum Gasteiger partial charge on any atom is -0.487 e. The summed E-state index contributed by atoms with van der Waals surface area (Å²) in [6, 6.07) is 4.31. The third kappa shape index (κ3) is 1.84. The lowest BCUT2D eigenvalue weighted by Gasteiger charge is -2.37. The molecule has 3 rings (SSSR count). The molecule has 2 aliphatic heterocycles. The van der Waals surface area contributed by atoms with Crippen molar-refractivity contribution < 1.29 is 13.9 Å². The van der Waals surface area contributed by atoms with E-state index in [1.807, 2.05) is 6.92 Å². The topological polar surface area (TPSA) is 41.6 Å². The third-order valence-electron chi connectivity index (χ3n) is 3.38. The highest BCUT2D eigenvalue weighted by atomic mass is 19.1. The van der Waals surface area contributed by atoms with Crippen molar-refractivity contribution in [2.24, 2.45) is 5.92 Å². The van der Waals surface area contributed by atoms with Gasteiger partial charge in [0.1, 0.15) is 17.7 Å². The first-order chi connectivity index (χ1) is 8.65. The number of fused-ring (bicyclic) bond motifs is 1. The lowest BCUT2D eigenvalue weighted by Crippen LogP contribution is -2.54. The highest BCUT2D eigenvalue weighted by Crippen LogP contribution is 2.35. The van der Waals surface area contributed by atoms with Crippen LogP contribution in [0, 0.1) is 11.7 Å². The number of benzene rings is 1. The van der Waals surface area contributed by atoms with Gasteiger partial charge in [0.2, 0.25) is 5.91 Å². The van der Waals surface area contributed by atoms with E-state index in [-0.39, 0.29) is 23.7 Å². The summed E-state index contributed by atoms with van der Waals surface area (Å²) in [5.74, 6) is 0.236. The van der Waals surface area contributed by atoms with E-state index in [0.717, 1.165) is 13.1 Å². The van der Waals surface area contributed by atoms with Crippen LogP contribution in [-0.4, -0.2) is 31.6 Å². The number of hydrogen-bond acceptors (Lipinski definition) is 3. The van der Waals surface area contributed by atoms with Gasteiger partial charge in [-0.1, -0.05) is 0 Å². The molecule has 0 radical (unpaired) electrons. The molecule has 1 saturated heterocycles. The summed E-state index contributed by atoms with van der Waals surface area (Å²) < 4.78 is 18.8. The normalized spacial score (nSPS) is 23.0. The van der Waals surface area contributed by atoms with Crippen molar-refractivity contribution in [3.05, 3.63) is 24.0 Å². The van der Waals surface area contributed by atoms with Crippen molar-refractivity contribution in [3.8, 4) is 5.75 Å². The second kappa shape index (κ2) is 4.24. The fraction of sp³-hybridized carbons (Fsp3) is 0.462. The van der Waals surface area contributed by atoms with Gasteiger partial charge in [0.15, 0.2) is 0 Å². The first-order valence-electron chi connectivity index (χ1n) is 6.13. The fourth-order valence-corrected chi connectivity index (χ4v) is 2.31. The van der Waals surface area contributed by atoms with Gasteiger partial charge >= 0.3 is 0 Å². The molecular weight excluding hydrogens is 235 g/mol. The number of ether oxygens (including phenoxy) is 1. The smallest absolute Gasteiger partial charge is 0.232 e. The molecule has 96 valence electrons. The molecule has 1 atom stereocenters. The average Bonchev–Trinajstić information content (AvgIpc) is 2.24. The number of halogens is 1. The quantitative estimate of drug-likeness (QED) is 0.813. The molecule has 1 aromatic rings. The second-order valence-corrected chi connectivity index (χ2v) is 4.84. The van der Waals surface area contributed by atoms with Crippen LogP contribution in [0.15, 0.2) is 18.2 Å². The summed E-state index contributed by atoms with van der Waals surface area (Å²) in [6.45, 7) is 3.85. The Morgan fingerprint density at radius 3 is 2.94 bits per heavy atom. The summed E-state index contributed by atoms with van der Waals surface area (Å²) in [5.41, 5.74) is 0.673. The summed E-state index contributed by atoms with van der Waals surface area (Å²) >= 11 is 0. The van der Waals surface area contributed by atoms with Crippen LogP contribution in [0.5, 0.6) is 5.75 Å². The van der Waals surface area contributed by atoms with Crippen LogP contribution >= 0.6 is 0 Å². The first kappa shape index (κ1) is 11.5. The van der Waals surface area contributed by atoms with E-state index >= 15 is 0 Å². The highest BCUT2D eigenvalue weighted by Gasteiger charge is 2.34. The molecule has 0 aromatic heterocycles. The number of carbonyl (C=O) groups excluding carboxylic acids is 1. The minimum atomic E-state index is -0.347. The Morgan fingerprint density at radius 1 is 1.50 bits per heavy atom. The molecule has 2 heterocycles. The van der Waals surface area contributed by atoms with Gasteiger partial charge in [0.05, 0.1) is 18.2 Å². The van der Waals surface area contributed by atoms with Gasteiger partial charge in [-0.2, -0.15) is 0 Å². The number of nitrogens with zero attached hydrogens (tertiary/aromatic N) is 1. The van der Waals surface area contributed by atoms with Crippen molar-refractivity contribution in [2.45, 2.75) is 13.0 Å². The maximum Gasteiger partial charge on any atom is 0.232 e. The predicted molar refractivity (Wildman–Crippen MR) is 65.2 cm³/mol. The number of nitrogens with one attached hydrogen (secondary N) is 1. The van der Waals surface area contributed by atoms with E-state index in [1.54, 1.807) is 11.0 Å². The number of anilines is 1. The zero-order valence-electron chi connectivity index (χ0n) is 10.1. The SMILES string of the molecule is CC1CN(C(=O)C2CNC2)c2ccc(F)cc2O1. The molecule has 1 N–H and O–H groups in total. The number of carbonyl (C=O) groups is 1. The fourth-order valence-electron chi connectivity index (χ4n) is 2.31. The highest BCUT2D eigenvalue weighted by molar-refractivity contribution is 5.97. The maximum atomic E-state index is 13.2. The van der Waals surface area contributed by atoms with Crippen molar-refractivity contribution in [2.75, 3.05) is 24.5 Å². The van der Waals surface area contributed by atoms with Gasteiger partial charge in [-0.15, -0.1) is 0 Å². The molecule has 1 fully saturated rings. The first-order valence-corrected chi connectivity index (χ1v) is 6.13.